The van der Waals surface area contributed by atoms with Crippen molar-refractivity contribution < 1.29 is 23.9 Å². The first-order chi connectivity index (χ1) is 12.5. The highest BCUT2D eigenvalue weighted by Gasteiger charge is 2.30. The van der Waals surface area contributed by atoms with Gasteiger partial charge < -0.3 is 25.1 Å². The van der Waals surface area contributed by atoms with E-state index in [9.17, 15) is 14.4 Å². The van der Waals surface area contributed by atoms with Gasteiger partial charge in [-0.3, -0.25) is 0 Å². The maximum Gasteiger partial charge on any atom is 0.340 e. The molecule has 1 unspecified atom stereocenters. The fraction of sp³-hybridized carbons (Fsp3) is 0.278. The predicted molar refractivity (Wildman–Crippen MR) is 93.4 cm³/mol. The van der Waals surface area contributed by atoms with Gasteiger partial charge in [-0.05, 0) is 19.9 Å². The summed E-state index contributed by atoms with van der Waals surface area (Å²) in [5.41, 5.74) is 1.65. The number of ether oxygens (including phenoxy) is 2. The highest BCUT2D eigenvalue weighted by atomic mass is 16.5. The lowest BCUT2D eigenvalue weighted by Gasteiger charge is -2.26. The van der Waals surface area contributed by atoms with Gasteiger partial charge in [-0.2, -0.15) is 0 Å². The standard InChI is InChI=1S/C18H19N3O5/c1-3-25-17(23)15-10(2)20-18(24)21-14(15)9-26-16(22)12-8-19-13-7-5-4-6-11(12)13/h4-8,10,19H,3,9H2,1-2H3,(H2,20,21,24). The van der Waals surface area contributed by atoms with Crippen LogP contribution in [0.1, 0.15) is 24.2 Å². The molecule has 1 atom stereocenters. The number of H-pyrrole nitrogens is 1. The molecule has 2 heterocycles. The van der Waals surface area contributed by atoms with E-state index in [0.29, 0.717) is 5.56 Å². The first-order valence-electron chi connectivity index (χ1n) is 8.22. The van der Waals surface area contributed by atoms with Crippen molar-refractivity contribution in [3.8, 4) is 0 Å². The second-order valence-corrected chi connectivity index (χ2v) is 5.76. The zero-order valence-electron chi connectivity index (χ0n) is 14.4. The summed E-state index contributed by atoms with van der Waals surface area (Å²) < 4.78 is 10.3. The quantitative estimate of drug-likeness (QED) is 0.708. The Labute approximate surface area is 149 Å². The molecule has 0 radical (unpaired) electrons. The summed E-state index contributed by atoms with van der Waals surface area (Å²) >= 11 is 0. The van der Waals surface area contributed by atoms with Crippen molar-refractivity contribution in [2.24, 2.45) is 0 Å². The zero-order chi connectivity index (χ0) is 18.7. The summed E-state index contributed by atoms with van der Waals surface area (Å²) in [6, 6.07) is 6.31. The summed E-state index contributed by atoms with van der Waals surface area (Å²) in [6.45, 7) is 3.30. The van der Waals surface area contributed by atoms with Crippen LogP contribution in [0.5, 0.6) is 0 Å². The number of benzene rings is 1. The Balaban J connectivity index is 1.81. The van der Waals surface area contributed by atoms with Gasteiger partial charge in [-0.15, -0.1) is 0 Å². The van der Waals surface area contributed by atoms with Crippen LogP contribution < -0.4 is 10.6 Å². The van der Waals surface area contributed by atoms with Gasteiger partial charge in [0.2, 0.25) is 0 Å². The Morgan fingerprint density at radius 2 is 1.92 bits per heavy atom. The minimum absolute atomic E-state index is 0.200. The Morgan fingerprint density at radius 3 is 2.69 bits per heavy atom. The summed E-state index contributed by atoms with van der Waals surface area (Å²) in [5.74, 6) is -1.12. The van der Waals surface area contributed by atoms with Crippen LogP contribution in [0.15, 0.2) is 41.7 Å². The van der Waals surface area contributed by atoms with E-state index in [1.165, 1.54) is 0 Å². The van der Waals surface area contributed by atoms with Crippen LogP contribution in [-0.4, -0.2) is 42.2 Å². The molecule has 2 amide bonds. The molecule has 2 aromatic rings. The summed E-state index contributed by atoms with van der Waals surface area (Å²) in [5, 5.41) is 5.84. The van der Waals surface area contributed by atoms with Crippen LogP contribution in [0.2, 0.25) is 0 Å². The molecule has 8 heteroatoms. The lowest BCUT2D eigenvalue weighted by molar-refractivity contribution is -0.139. The molecule has 0 spiro atoms. The molecule has 1 aromatic carbocycles. The van der Waals surface area contributed by atoms with Crippen LogP contribution in [0.3, 0.4) is 0 Å². The van der Waals surface area contributed by atoms with Gasteiger partial charge in [0, 0.05) is 17.1 Å². The molecule has 26 heavy (non-hydrogen) atoms. The molecule has 0 fully saturated rings. The van der Waals surface area contributed by atoms with Gasteiger partial charge in [0.25, 0.3) is 0 Å². The van der Waals surface area contributed by atoms with Crippen molar-refractivity contribution in [2.75, 3.05) is 13.2 Å². The average molecular weight is 357 g/mol. The minimum atomic E-state index is -0.564. The van der Waals surface area contributed by atoms with Crippen molar-refractivity contribution in [1.82, 2.24) is 15.6 Å². The molecule has 8 nitrogen and oxygen atoms in total. The summed E-state index contributed by atoms with van der Waals surface area (Å²) in [7, 11) is 0. The molecule has 1 aliphatic heterocycles. The van der Waals surface area contributed by atoms with Gasteiger partial charge in [-0.25, -0.2) is 14.4 Å². The van der Waals surface area contributed by atoms with E-state index >= 15 is 0 Å². The maximum atomic E-state index is 12.4. The molecular formula is C18H19N3O5. The third kappa shape index (κ3) is 3.39. The number of aromatic amines is 1. The number of carbonyl (C=O) groups excluding carboxylic acids is 3. The van der Waals surface area contributed by atoms with Crippen LogP contribution >= 0.6 is 0 Å². The number of urea groups is 1. The predicted octanol–water partition coefficient (Wildman–Crippen LogP) is 1.84. The van der Waals surface area contributed by atoms with Crippen molar-refractivity contribution >= 4 is 28.9 Å². The molecule has 1 aliphatic rings. The number of aromatic nitrogens is 1. The molecule has 3 N–H and O–H groups in total. The first-order valence-corrected chi connectivity index (χ1v) is 8.22. The Kier molecular flexibility index (Phi) is 4.92. The number of para-hydroxylation sites is 1. The summed E-state index contributed by atoms with van der Waals surface area (Å²) in [4.78, 5) is 39.3. The van der Waals surface area contributed by atoms with E-state index in [1.54, 1.807) is 26.1 Å². The van der Waals surface area contributed by atoms with Gasteiger partial charge >= 0.3 is 18.0 Å². The molecule has 1 aromatic heterocycles. The largest absolute Gasteiger partial charge is 0.463 e. The maximum absolute atomic E-state index is 12.4. The molecule has 0 saturated heterocycles. The molecular weight excluding hydrogens is 338 g/mol. The number of hydrogen-bond donors (Lipinski definition) is 3. The lowest BCUT2D eigenvalue weighted by atomic mass is 10.0. The number of carbonyl (C=O) groups is 3. The average Bonchev–Trinajstić information content (AvgIpc) is 3.03. The number of fused-ring (bicyclic) bond motifs is 1. The van der Waals surface area contributed by atoms with Gasteiger partial charge in [-0.1, -0.05) is 18.2 Å². The fourth-order valence-electron chi connectivity index (χ4n) is 2.85. The van der Waals surface area contributed by atoms with Crippen molar-refractivity contribution in [2.45, 2.75) is 19.9 Å². The first kappa shape index (κ1) is 17.5. The van der Waals surface area contributed by atoms with E-state index in [0.717, 1.165) is 10.9 Å². The monoisotopic (exact) mass is 357 g/mol. The Morgan fingerprint density at radius 1 is 1.15 bits per heavy atom. The lowest BCUT2D eigenvalue weighted by Crippen LogP contribution is -2.50. The van der Waals surface area contributed by atoms with Crippen molar-refractivity contribution in [3.05, 3.63) is 47.3 Å². The SMILES string of the molecule is CCOC(=O)C1=C(COC(=O)c2c[nH]c3ccccc23)NC(=O)NC1C. The zero-order valence-corrected chi connectivity index (χ0v) is 14.4. The van der Waals surface area contributed by atoms with Crippen LogP contribution in [0.25, 0.3) is 10.9 Å². The summed E-state index contributed by atoms with van der Waals surface area (Å²) in [6.07, 6.45) is 1.57. The third-order valence-electron chi connectivity index (χ3n) is 4.02. The number of rotatable bonds is 5. The van der Waals surface area contributed by atoms with Crippen LogP contribution in [0.4, 0.5) is 4.79 Å². The topological polar surface area (TPSA) is 110 Å². The number of esters is 2. The smallest absolute Gasteiger partial charge is 0.340 e. The fourth-order valence-corrected chi connectivity index (χ4v) is 2.85. The number of hydrogen-bond acceptors (Lipinski definition) is 5. The minimum Gasteiger partial charge on any atom is -0.463 e. The number of nitrogens with one attached hydrogen (secondary N) is 3. The highest BCUT2D eigenvalue weighted by Crippen LogP contribution is 2.20. The van der Waals surface area contributed by atoms with Crippen LogP contribution in [-0.2, 0) is 14.3 Å². The normalized spacial score (nSPS) is 16.8. The van der Waals surface area contributed by atoms with Gasteiger partial charge in [0.05, 0.1) is 29.5 Å². The molecule has 136 valence electrons. The van der Waals surface area contributed by atoms with Gasteiger partial charge in [0.15, 0.2) is 0 Å². The van der Waals surface area contributed by atoms with E-state index in [-0.39, 0.29) is 24.5 Å². The van der Waals surface area contributed by atoms with Gasteiger partial charge in [0.1, 0.15) is 6.61 Å². The second-order valence-electron chi connectivity index (χ2n) is 5.76. The molecule has 0 aliphatic carbocycles. The van der Waals surface area contributed by atoms with Crippen molar-refractivity contribution in [1.29, 1.82) is 0 Å². The van der Waals surface area contributed by atoms with Crippen LogP contribution in [0, 0.1) is 0 Å². The third-order valence-corrected chi connectivity index (χ3v) is 4.02. The second kappa shape index (κ2) is 7.30. The number of amides is 2. The molecule has 0 saturated carbocycles. The molecule has 3 rings (SSSR count). The van der Waals surface area contributed by atoms with E-state index in [1.807, 2.05) is 18.2 Å². The Hall–Kier alpha value is -3.29. The Bertz CT molecular complexity index is 899. The molecule has 0 bridgehead atoms. The van der Waals surface area contributed by atoms with E-state index in [4.69, 9.17) is 9.47 Å². The van der Waals surface area contributed by atoms with E-state index in [2.05, 4.69) is 15.6 Å². The highest BCUT2D eigenvalue weighted by molar-refractivity contribution is 6.04. The van der Waals surface area contributed by atoms with E-state index < -0.39 is 24.0 Å². The van der Waals surface area contributed by atoms with Crippen molar-refractivity contribution in [3.63, 3.8) is 0 Å².